The predicted octanol–water partition coefficient (Wildman–Crippen LogP) is 1.10. The van der Waals surface area contributed by atoms with E-state index in [0.29, 0.717) is 37.6 Å². The number of ether oxygens (including phenoxy) is 2. The third kappa shape index (κ3) is 4.25. The van der Waals surface area contributed by atoms with Crippen molar-refractivity contribution >= 4 is 11.7 Å². The van der Waals surface area contributed by atoms with Gasteiger partial charge in [-0.3, -0.25) is 0 Å². The van der Waals surface area contributed by atoms with E-state index in [1.807, 2.05) is 6.07 Å². The molecule has 0 aromatic heterocycles. The smallest absolute Gasteiger partial charge is 0.319 e. The van der Waals surface area contributed by atoms with Gasteiger partial charge in [0.05, 0.1) is 37.6 Å². The molecule has 0 unspecified atom stereocenters. The van der Waals surface area contributed by atoms with E-state index in [9.17, 15) is 4.79 Å². The van der Waals surface area contributed by atoms with Crippen LogP contribution in [-0.4, -0.2) is 38.5 Å². The fourth-order valence-corrected chi connectivity index (χ4v) is 1.70. The van der Waals surface area contributed by atoms with E-state index >= 15 is 0 Å². The van der Waals surface area contributed by atoms with Crippen LogP contribution in [0.5, 0.6) is 0 Å². The first-order valence-electron chi connectivity index (χ1n) is 6.02. The van der Waals surface area contributed by atoms with Gasteiger partial charge in [-0.1, -0.05) is 6.07 Å². The van der Waals surface area contributed by atoms with Crippen LogP contribution >= 0.6 is 0 Å². The van der Waals surface area contributed by atoms with Crippen LogP contribution in [0.2, 0.25) is 0 Å². The highest BCUT2D eigenvalue weighted by molar-refractivity contribution is 5.89. The van der Waals surface area contributed by atoms with E-state index in [2.05, 4.69) is 10.6 Å². The number of hydrogen-bond donors (Lipinski definition) is 2. The van der Waals surface area contributed by atoms with Crippen molar-refractivity contribution in [3.05, 3.63) is 29.8 Å². The summed E-state index contributed by atoms with van der Waals surface area (Å²) in [5.41, 5.74) is 1.08. The molecule has 0 saturated carbocycles. The molecule has 1 heterocycles. The van der Waals surface area contributed by atoms with Crippen molar-refractivity contribution in [1.82, 2.24) is 5.32 Å². The van der Waals surface area contributed by atoms with E-state index in [0.717, 1.165) is 0 Å². The monoisotopic (exact) mass is 261 g/mol. The molecule has 6 heteroatoms. The SMILES string of the molecule is N#Cc1cccc(NC(=O)NC[C@@H]2COCCO2)c1. The lowest BCUT2D eigenvalue weighted by molar-refractivity contribution is -0.0852. The van der Waals surface area contributed by atoms with Crippen LogP contribution in [0.25, 0.3) is 0 Å². The Morgan fingerprint density at radius 1 is 1.47 bits per heavy atom. The summed E-state index contributed by atoms with van der Waals surface area (Å²) in [7, 11) is 0. The van der Waals surface area contributed by atoms with Gasteiger partial charge in [0, 0.05) is 12.2 Å². The minimum atomic E-state index is -0.329. The largest absolute Gasteiger partial charge is 0.376 e. The van der Waals surface area contributed by atoms with Crippen LogP contribution in [0.15, 0.2) is 24.3 Å². The lowest BCUT2D eigenvalue weighted by Gasteiger charge is -2.23. The van der Waals surface area contributed by atoms with Gasteiger partial charge in [0.1, 0.15) is 0 Å². The van der Waals surface area contributed by atoms with Gasteiger partial charge in [-0.25, -0.2) is 4.79 Å². The summed E-state index contributed by atoms with van der Waals surface area (Å²) in [6, 6.07) is 8.41. The average molecular weight is 261 g/mol. The van der Waals surface area contributed by atoms with Gasteiger partial charge in [-0.2, -0.15) is 5.26 Å². The van der Waals surface area contributed by atoms with Gasteiger partial charge in [-0.05, 0) is 18.2 Å². The number of urea groups is 1. The molecule has 0 radical (unpaired) electrons. The summed E-state index contributed by atoms with van der Waals surface area (Å²) in [5.74, 6) is 0. The maximum absolute atomic E-state index is 11.7. The van der Waals surface area contributed by atoms with Crippen LogP contribution in [0.3, 0.4) is 0 Å². The Labute approximate surface area is 111 Å². The molecule has 0 aliphatic carbocycles. The van der Waals surface area contributed by atoms with Crippen molar-refractivity contribution < 1.29 is 14.3 Å². The maximum atomic E-state index is 11.7. The molecule has 0 bridgehead atoms. The minimum absolute atomic E-state index is 0.107. The number of nitrogens with one attached hydrogen (secondary N) is 2. The quantitative estimate of drug-likeness (QED) is 0.853. The Kier molecular flexibility index (Phi) is 4.72. The topological polar surface area (TPSA) is 83.4 Å². The van der Waals surface area contributed by atoms with E-state index in [1.165, 1.54) is 0 Å². The summed E-state index contributed by atoms with van der Waals surface area (Å²) in [6.45, 7) is 2.04. The highest BCUT2D eigenvalue weighted by Crippen LogP contribution is 2.09. The van der Waals surface area contributed by atoms with E-state index in [4.69, 9.17) is 14.7 Å². The molecular formula is C13H15N3O3. The summed E-state index contributed by atoms with van der Waals surface area (Å²) in [5, 5.41) is 14.1. The molecule has 2 N–H and O–H groups in total. The van der Waals surface area contributed by atoms with E-state index in [1.54, 1.807) is 24.3 Å². The summed E-state index contributed by atoms with van der Waals surface area (Å²) in [6.07, 6.45) is -0.107. The Bertz CT molecular complexity index is 478. The van der Waals surface area contributed by atoms with Crippen molar-refractivity contribution in [1.29, 1.82) is 5.26 Å². The molecule has 2 rings (SSSR count). The number of benzene rings is 1. The van der Waals surface area contributed by atoms with Crippen LogP contribution in [-0.2, 0) is 9.47 Å². The van der Waals surface area contributed by atoms with Gasteiger partial charge >= 0.3 is 6.03 Å². The maximum Gasteiger partial charge on any atom is 0.319 e. The molecule has 1 aromatic rings. The number of amides is 2. The number of rotatable bonds is 3. The number of nitriles is 1. The first kappa shape index (κ1) is 13.3. The van der Waals surface area contributed by atoms with Crippen molar-refractivity contribution in [3.63, 3.8) is 0 Å². The molecule has 1 aliphatic heterocycles. The Hall–Kier alpha value is -2.10. The number of anilines is 1. The molecular weight excluding hydrogens is 246 g/mol. The molecule has 1 atom stereocenters. The first-order chi connectivity index (χ1) is 9.28. The van der Waals surface area contributed by atoms with Crippen molar-refractivity contribution in [3.8, 4) is 6.07 Å². The molecule has 19 heavy (non-hydrogen) atoms. The normalized spacial score (nSPS) is 18.4. The second kappa shape index (κ2) is 6.73. The molecule has 1 aliphatic rings. The zero-order chi connectivity index (χ0) is 13.5. The van der Waals surface area contributed by atoms with Crippen LogP contribution in [0, 0.1) is 11.3 Å². The molecule has 100 valence electrons. The average Bonchev–Trinajstić information content (AvgIpc) is 2.46. The molecule has 2 amide bonds. The minimum Gasteiger partial charge on any atom is -0.376 e. The third-order valence-corrected chi connectivity index (χ3v) is 2.62. The first-order valence-corrected chi connectivity index (χ1v) is 6.02. The predicted molar refractivity (Wildman–Crippen MR) is 68.7 cm³/mol. The lowest BCUT2D eigenvalue weighted by Crippen LogP contribution is -2.41. The molecule has 1 saturated heterocycles. The fourth-order valence-electron chi connectivity index (χ4n) is 1.70. The standard InChI is InChI=1S/C13H15N3O3/c14-7-10-2-1-3-11(6-10)16-13(17)15-8-12-9-18-4-5-19-12/h1-3,6,12H,4-5,8-9H2,(H2,15,16,17)/t12-/m1/s1. The van der Waals surface area contributed by atoms with Crippen molar-refractivity contribution in [2.24, 2.45) is 0 Å². The molecule has 1 fully saturated rings. The molecule has 0 spiro atoms. The zero-order valence-corrected chi connectivity index (χ0v) is 10.4. The van der Waals surface area contributed by atoms with E-state index in [-0.39, 0.29) is 12.1 Å². The van der Waals surface area contributed by atoms with Crippen molar-refractivity contribution in [2.45, 2.75) is 6.10 Å². The fraction of sp³-hybridized carbons (Fsp3) is 0.385. The number of carbonyl (C=O) groups excluding carboxylic acids is 1. The zero-order valence-electron chi connectivity index (χ0n) is 10.4. The second-order valence-corrected chi connectivity index (χ2v) is 4.10. The Morgan fingerprint density at radius 2 is 2.37 bits per heavy atom. The molecule has 6 nitrogen and oxygen atoms in total. The number of nitrogens with zero attached hydrogens (tertiary/aromatic N) is 1. The third-order valence-electron chi connectivity index (χ3n) is 2.62. The van der Waals surface area contributed by atoms with Gasteiger partial charge in [-0.15, -0.1) is 0 Å². The van der Waals surface area contributed by atoms with Gasteiger partial charge in [0.25, 0.3) is 0 Å². The van der Waals surface area contributed by atoms with E-state index < -0.39 is 0 Å². The van der Waals surface area contributed by atoms with Crippen LogP contribution in [0.4, 0.5) is 10.5 Å². The van der Waals surface area contributed by atoms with Gasteiger partial charge in [0.15, 0.2) is 0 Å². The molecule has 1 aromatic carbocycles. The van der Waals surface area contributed by atoms with Crippen molar-refractivity contribution in [2.75, 3.05) is 31.7 Å². The highest BCUT2D eigenvalue weighted by Gasteiger charge is 2.15. The summed E-state index contributed by atoms with van der Waals surface area (Å²) >= 11 is 0. The van der Waals surface area contributed by atoms with Gasteiger partial charge < -0.3 is 20.1 Å². The van der Waals surface area contributed by atoms with Crippen LogP contribution < -0.4 is 10.6 Å². The Morgan fingerprint density at radius 3 is 3.11 bits per heavy atom. The summed E-state index contributed by atoms with van der Waals surface area (Å²) in [4.78, 5) is 11.7. The van der Waals surface area contributed by atoms with Gasteiger partial charge in [0.2, 0.25) is 0 Å². The lowest BCUT2D eigenvalue weighted by atomic mass is 10.2. The van der Waals surface area contributed by atoms with Crippen LogP contribution in [0.1, 0.15) is 5.56 Å². The highest BCUT2D eigenvalue weighted by atomic mass is 16.6. The second-order valence-electron chi connectivity index (χ2n) is 4.10. The summed E-state index contributed by atoms with van der Waals surface area (Å²) < 4.78 is 10.6. The number of hydrogen-bond acceptors (Lipinski definition) is 4. The number of carbonyl (C=O) groups is 1. The Balaban J connectivity index is 1.78.